The van der Waals surface area contributed by atoms with Gasteiger partial charge in [-0.15, -0.1) is 0 Å². The van der Waals surface area contributed by atoms with E-state index in [9.17, 15) is 19.5 Å². The smallest absolute Gasteiger partial charge is 0.407 e. The summed E-state index contributed by atoms with van der Waals surface area (Å²) in [5.41, 5.74) is 3.47. The van der Waals surface area contributed by atoms with Gasteiger partial charge in [-0.25, -0.2) is 9.59 Å². The maximum atomic E-state index is 13.1. The van der Waals surface area contributed by atoms with Gasteiger partial charge in [-0.1, -0.05) is 68.8 Å². The normalized spacial score (nSPS) is 19.7. The molecule has 2 aromatic rings. The molecule has 4 rings (SSSR count). The molecule has 2 amide bonds. The molecular formula is C28H34N2O5. The van der Waals surface area contributed by atoms with Gasteiger partial charge in [0, 0.05) is 24.9 Å². The summed E-state index contributed by atoms with van der Waals surface area (Å²) in [4.78, 5) is 39.4. The fourth-order valence-electron chi connectivity index (χ4n) is 5.67. The molecule has 0 spiro atoms. The number of nitrogens with zero attached hydrogens (tertiary/aromatic N) is 1. The van der Waals surface area contributed by atoms with Crippen LogP contribution in [0.1, 0.15) is 69.4 Å². The highest BCUT2D eigenvalue weighted by molar-refractivity contribution is 5.88. The van der Waals surface area contributed by atoms with E-state index in [1.165, 1.54) is 4.90 Å². The third-order valence-electron chi connectivity index (χ3n) is 7.43. The van der Waals surface area contributed by atoms with Gasteiger partial charge in [-0.3, -0.25) is 4.79 Å². The minimum absolute atomic E-state index is 0.0373. The standard InChI is InChI=1S/C28H34N2O5/c1-3-14-28(26(32)33)15-9-16-30(28)25(31)17-19(4-2)29-27(34)35-18-24-22-12-7-5-10-20(22)21-11-6-8-13-23(21)24/h5-8,10-13,19,24H,3-4,9,14-18H2,1-2H3,(H,29,34)(H,32,33)/t19-,28?/m1/s1. The molecule has 2 aromatic carbocycles. The predicted octanol–water partition coefficient (Wildman–Crippen LogP) is 4.94. The van der Waals surface area contributed by atoms with Crippen molar-refractivity contribution in [2.45, 2.75) is 69.9 Å². The Balaban J connectivity index is 1.37. The highest BCUT2D eigenvalue weighted by atomic mass is 16.5. The Morgan fingerprint density at radius 1 is 1.09 bits per heavy atom. The Kier molecular flexibility index (Phi) is 7.43. The molecule has 0 radical (unpaired) electrons. The molecule has 7 nitrogen and oxygen atoms in total. The molecule has 0 saturated carbocycles. The summed E-state index contributed by atoms with van der Waals surface area (Å²) in [6.45, 7) is 4.46. The minimum atomic E-state index is -1.13. The second-order valence-electron chi connectivity index (χ2n) is 9.51. The first kappa shape index (κ1) is 24.8. The number of ether oxygens (including phenoxy) is 1. The van der Waals surface area contributed by atoms with E-state index >= 15 is 0 Å². The van der Waals surface area contributed by atoms with Gasteiger partial charge in [0.25, 0.3) is 0 Å². The highest BCUT2D eigenvalue weighted by Crippen LogP contribution is 2.44. The van der Waals surface area contributed by atoms with Crippen LogP contribution in [0.5, 0.6) is 0 Å². The molecule has 1 aliphatic heterocycles. The number of rotatable bonds is 9. The molecule has 1 heterocycles. The molecular weight excluding hydrogens is 444 g/mol. The van der Waals surface area contributed by atoms with Crippen LogP contribution in [-0.2, 0) is 14.3 Å². The first-order valence-electron chi connectivity index (χ1n) is 12.6. The number of carbonyl (C=O) groups excluding carboxylic acids is 2. The fourth-order valence-corrected chi connectivity index (χ4v) is 5.67. The van der Waals surface area contributed by atoms with Gasteiger partial charge in [0.15, 0.2) is 0 Å². The lowest BCUT2D eigenvalue weighted by Gasteiger charge is -2.35. The van der Waals surface area contributed by atoms with E-state index in [-0.39, 0.29) is 24.9 Å². The average molecular weight is 479 g/mol. The Hall–Kier alpha value is -3.35. The van der Waals surface area contributed by atoms with E-state index < -0.39 is 23.6 Å². The van der Waals surface area contributed by atoms with Gasteiger partial charge >= 0.3 is 12.1 Å². The van der Waals surface area contributed by atoms with Gasteiger partial charge in [0.2, 0.25) is 5.91 Å². The molecule has 7 heteroatoms. The summed E-state index contributed by atoms with van der Waals surface area (Å²) >= 11 is 0. The second-order valence-corrected chi connectivity index (χ2v) is 9.51. The van der Waals surface area contributed by atoms with Gasteiger partial charge in [-0.05, 0) is 47.9 Å². The predicted molar refractivity (Wildman–Crippen MR) is 133 cm³/mol. The first-order valence-corrected chi connectivity index (χ1v) is 12.6. The van der Waals surface area contributed by atoms with E-state index in [1.54, 1.807) is 0 Å². The van der Waals surface area contributed by atoms with E-state index in [2.05, 4.69) is 29.6 Å². The molecule has 0 aromatic heterocycles. The third-order valence-corrected chi connectivity index (χ3v) is 7.43. The van der Waals surface area contributed by atoms with Crippen LogP contribution < -0.4 is 5.32 Å². The van der Waals surface area contributed by atoms with Gasteiger partial charge < -0.3 is 20.1 Å². The number of fused-ring (bicyclic) bond motifs is 3. The topological polar surface area (TPSA) is 95.9 Å². The molecule has 2 N–H and O–H groups in total. The Labute approximate surface area is 206 Å². The average Bonchev–Trinajstić information content (AvgIpc) is 3.43. The van der Waals surface area contributed by atoms with Crippen LogP contribution in [-0.4, -0.2) is 52.7 Å². The Morgan fingerprint density at radius 2 is 1.71 bits per heavy atom. The summed E-state index contributed by atoms with van der Waals surface area (Å²) < 4.78 is 5.63. The van der Waals surface area contributed by atoms with Crippen LogP contribution in [0.25, 0.3) is 11.1 Å². The summed E-state index contributed by atoms with van der Waals surface area (Å²) in [6.07, 6.45) is 2.30. The number of carboxylic acids is 1. The number of hydrogen-bond donors (Lipinski definition) is 2. The van der Waals surface area contributed by atoms with E-state index in [0.717, 1.165) is 22.3 Å². The zero-order valence-electron chi connectivity index (χ0n) is 20.5. The van der Waals surface area contributed by atoms with Crippen LogP contribution in [0.4, 0.5) is 4.79 Å². The van der Waals surface area contributed by atoms with Crippen LogP contribution in [0, 0.1) is 0 Å². The van der Waals surface area contributed by atoms with E-state index in [1.807, 2.05) is 38.1 Å². The molecule has 1 aliphatic carbocycles. The van der Waals surface area contributed by atoms with Crippen molar-refractivity contribution in [2.75, 3.05) is 13.2 Å². The Bertz CT molecular complexity index is 1050. The molecule has 186 valence electrons. The van der Waals surface area contributed by atoms with Crippen molar-refractivity contribution in [3.63, 3.8) is 0 Å². The number of carbonyl (C=O) groups is 3. The zero-order valence-corrected chi connectivity index (χ0v) is 20.5. The third kappa shape index (κ3) is 4.77. The van der Waals surface area contributed by atoms with Crippen molar-refractivity contribution in [3.8, 4) is 11.1 Å². The molecule has 35 heavy (non-hydrogen) atoms. The first-order chi connectivity index (χ1) is 16.9. The maximum absolute atomic E-state index is 13.1. The number of amides is 2. The van der Waals surface area contributed by atoms with Crippen molar-refractivity contribution in [1.82, 2.24) is 10.2 Å². The monoisotopic (exact) mass is 478 g/mol. The maximum Gasteiger partial charge on any atom is 0.407 e. The van der Waals surface area contributed by atoms with Crippen LogP contribution >= 0.6 is 0 Å². The number of nitrogens with one attached hydrogen (secondary N) is 1. The van der Waals surface area contributed by atoms with Crippen LogP contribution in [0.3, 0.4) is 0 Å². The van der Waals surface area contributed by atoms with Gasteiger partial charge in [-0.2, -0.15) is 0 Å². The highest BCUT2D eigenvalue weighted by Gasteiger charge is 2.49. The lowest BCUT2D eigenvalue weighted by molar-refractivity contribution is -0.157. The van der Waals surface area contributed by atoms with Crippen LogP contribution in [0.2, 0.25) is 0 Å². The number of aliphatic carboxylic acids is 1. The minimum Gasteiger partial charge on any atom is -0.479 e. The SMILES string of the molecule is CCCC1(C(=O)O)CCCN1C(=O)C[C@@H](CC)NC(=O)OCC1c2ccccc2-c2ccccc21. The fraction of sp³-hybridized carbons (Fsp3) is 0.464. The zero-order chi connectivity index (χ0) is 25.0. The van der Waals surface area contributed by atoms with Crippen LogP contribution in [0.15, 0.2) is 48.5 Å². The van der Waals surface area contributed by atoms with Crippen molar-refractivity contribution in [3.05, 3.63) is 59.7 Å². The summed E-state index contributed by atoms with van der Waals surface area (Å²) in [5.74, 6) is -1.21. The number of likely N-dealkylation sites (tertiary alicyclic amines) is 1. The van der Waals surface area contributed by atoms with Crippen molar-refractivity contribution < 1.29 is 24.2 Å². The molecule has 2 aliphatic rings. The summed E-state index contributed by atoms with van der Waals surface area (Å²) in [7, 11) is 0. The van der Waals surface area contributed by atoms with E-state index in [4.69, 9.17) is 4.74 Å². The lowest BCUT2D eigenvalue weighted by atomic mass is 9.90. The Morgan fingerprint density at radius 3 is 2.29 bits per heavy atom. The van der Waals surface area contributed by atoms with Crippen molar-refractivity contribution in [1.29, 1.82) is 0 Å². The van der Waals surface area contributed by atoms with E-state index in [0.29, 0.717) is 38.6 Å². The number of alkyl carbamates (subject to hydrolysis) is 1. The van der Waals surface area contributed by atoms with Gasteiger partial charge in [0.1, 0.15) is 12.1 Å². The van der Waals surface area contributed by atoms with Crippen molar-refractivity contribution >= 4 is 18.0 Å². The quantitative estimate of drug-likeness (QED) is 0.532. The summed E-state index contributed by atoms with van der Waals surface area (Å²) in [6, 6.07) is 15.9. The lowest BCUT2D eigenvalue weighted by Crippen LogP contribution is -2.54. The summed E-state index contributed by atoms with van der Waals surface area (Å²) in [5, 5.41) is 12.7. The molecule has 1 unspecified atom stereocenters. The van der Waals surface area contributed by atoms with Gasteiger partial charge in [0.05, 0.1) is 0 Å². The molecule has 1 saturated heterocycles. The number of benzene rings is 2. The second kappa shape index (κ2) is 10.5. The number of hydrogen-bond acceptors (Lipinski definition) is 4. The molecule has 0 bridgehead atoms. The van der Waals surface area contributed by atoms with Crippen molar-refractivity contribution in [2.24, 2.45) is 0 Å². The number of carboxylic acid groups (broad SMARTS) is 1. The molecule has 2 atom stereocenters. The molecule has 1 fully saturated rings. The largest absolute Gasteiger partial charge is 0.479 e.